The smallest absolute Gasteiger partial charge is 0.263 e. The maximum atomic E-state index is 13.1. The Labute approximate surface area is 169 Å². The fourth-order valence-electron chi connectivity index (χ4n) is 4.22. The predicted molar refractivity (Wildman–Crippen MR) is 110 cm³/mol. The van der Waals surface area contributed by atoms with Crippen molar-refractivity contribution in [3.8, 4) is 0 Å². The third-order valence-electron chi connectivity index (χ3n) is 5.63. The topological polar surface area (TPSA) is 81.8 Å². The standard InChI is InChI=1S/C22H25N5O2/c1-14-9-11-27(13-16-6-5-10-23-12-16)22(29)19(14)21(28)24-17-7-4-8-18-20(17)15(2)25-26(18)3/h5-6,9-12,17H,4,7-8,13H2,1-3H3,(H,24,28). The lowest BCUT2D eigenvalue weighted by atomic mass is 9.90. The van der Waals surface area contributed by atoms with Crippen LogP contribution in [0.3, 0.4) is 0 Å². The van der Waals surface area contributed by atoms with Crippen LogP contribution in [0.4, 0.5) is 0 Å². The molecule has 0 spiro atoms. The fraction of sp³-hybridized carbons (Fsp3) is 0.364. The van der Waals surface area contributed by atoms with Crippen molar-refractivity contribution in [3.63, 3.8) is 0 Å². The first-order valence-corrected chi connectivity index (χ1v) is 9.88. The molecule has 1 aliphatic carbocycles. The van der Waals surface area contributed by atoms with Gasteiger partial charge in [-0.15, -0.1) is 0 Å². The van der Waals surface area contributed by atoms with E-state index in [1.807, 2.05) is 36.9 Å². The number of aryl methyl sites for hydroxylation is 3. The Hall–Kier alpha value is -3.22. The van der Waals surface area contributed by atoms with Crippen molar-refractivity contribution in [1.29, 1.82) is 0 Å². The zero-order chi connectivity index (χ0) is 20.5. The molecule has 1 aliphatic rings. The monoisotopic (exact) mass is 391 g/mol. The zero-order valence-corrected chi connectivity index (χ0v) is 17.0. The van der Waals surface area contributed by atoms with Crippen LogP contribution in [0, 0.1) is 13.8 Å². The molecule has 1 N–H and O–H groups in total. The highest BCUT2D eigenvalue weighted by Gasteiger charge is 2.28. The minimum Gasteiger partial charge on any atom is -0.345 e. The van der Waals surface area contributed by atoms with Gasteiger partial charge in [0.15, 0.2) is 0 Å². The average molecular weight is 391 g/mol. The minimum atomic E-state index is -0.325. The molecule has 0 aliphatic heterocycles. The Morgan fingerprint density at radius 1 is 1.31 bits per heavy atom. The summed E-state index contributed by atoms with van der Waals surface area (Å²) in [5.74, 6) is -0.325. The summed E-state index contributed by atoms with van der Waals surface area (Å²) in [5.41, 5.74) is 4.69. The molecule has 4 rings (SSSR count). The number of pyridine rings is 2. The van der Waals surface area contributed by atoms with Crippen molar-refractivity contribution in [1.82, 2.24) is 24.6 Å². The average Bonchev–Trinajstić information content (AvgIpc) is 3.00. The van der Waals surface area contributed by atoms with Gasteiger partial charge in [0.1, 0.15) is 5.56 Å². The Kier molecular flexibility index (Phi) is 5.05. The number of amides is 1. The molecule has 29 heavy (non-hydrogen) atoms. The Morgan fingerprint density at radius 2 is 2.14 bits per heavy atom. The van der Waals surface area contributed by atoms with E-state index in [4.69, 9.17) is 0 Å². The van der Waals surface area contributed by atoms with E-state index >= 15 is 0 Å². The lowest BCUT2D eigenvalue weighted by molar-refractivity contribution is 0.0929. The Morgan fingerprint density at radius 3 is 2.90 bits per heavy atom. The molecule has 150 valence electrons. The van der Waals surface area contributed by atoms with E-state index in [0.29, 0.717) is 12.1 Å². The molecule has 7 nitrogen and oxygen atoms in total. The van der Waals surface area contributed by atoms with Crippen LogP contribution in [0.1, 0.15) is 57.3 Å². The molecule has 1 unspecified atom stereocenters. The number of carbonyl (C=O) groups is 1. The number of rotatable bonds is 4. The lowest BCUT2D eigenvalue weighted by Crippen LogP contribution is -2.37. The van der Waals surface area contributed by atoms with Gasteiger partial charge in [0.05, 0.1) is 18.3 Å². The molecule has 0 radical (unpaired) electrons. The van der Waals surface area contributed by atoms with Crippen molar-refractivity contribution < 1.29 is 4.79 Å². The highest BCUT2D eigenvalue weighted by molar-refractivity contribution is 5.95. The Bertz CT molecular complexity index is 1110. The molecule has 1 atom stereocenters. The third kappa shape index (κ3) is 3.60. The highest BCUT2D eigenvalue weighted by atomic mass is 16.2. The normalized spacial score (nSPS) is 15.8. The minimum absolute atomic E-state index is 0.120. The van der Waals surface area contributed by atoms with Gasteiger partial charge in [0.2, 0.25) is 0 Å². The largest absolute Gasteiger partial charge is 0.345 e. The lowest BCUT2D eigenvalue weighted by Gasteiger charge is -2.25. The summed E-state index contributed by atoms with van der Waals surface area (Å²) in [6.07, 6.45) is 7.93. The number of fused-ring (bicyclic) bond motifs is 1. The molecular formula is C22H25N5O2. The van der Waals surface area contributed by atoms with Gasteiger partial charge in [-0.2, -0.15) is 5.10 Å². The molecule has 7 heteroatoms. The van der Waals surface area contributed by atoms with Crippen LogP contribution in [0.5, 0.6) is 0 Å². The zero-order valence-electron chi connectivity index (χ0n) is 17.0. The van der Waals surface area contributed by atoms with E-state index in [1.165, 1.54) is 0 Å². The number of aromatic nitrogens is 4. The van der Waals surface area contributed by atoms with Gasteiger partial charge < -0.3 is 9.88 Å². The van der Waals surface area contributed by atoms with Crippen molar-refractivity contribution in [2.24, 2.45) is 7.05 Å². The number of nitrogens with zero attached hydrogens (tertiary/aromatic N) is 4. The summed E-state index contributed by atoms with van der Waals surface area (Å²) < 4.78 is 3.46. The number of hydrogen-bond donors (Lipinski definition) is 1. The molecule has 3 aromatic rings. The summed E-state index contributed by atoms with van der Waals surface area (Å²) in [6, 6.07) is 5.44. The Balaban J connectivity index is 1.63. The van der Waals surface area contributed by atoms with E-state index in [1.54, 1.807) is 30.1 Å². The van der Waals surface area contributed by atoms with Crippen LogP contribution in [0.25, 0.3) is 0 Å². The molecule has 0 bridgehead atoms. The summed E-state index contributed by atoms with van der Waals surface area (Å²) in [7, 11) is 1.94. The van der Waals surface area contributed by atoms with Crippen LogP contribution in [-0.2, 0) is 20.0 Å². The van der Waals surface area contributed by atoms with E-state index in [2.05, 4.69) is 15.4 Å². The van der Waals surface area contributed by atoms with E-state index in [9.17, 15) is 9.59 Å². The van der Waals surface area contributed by atoms with Gasteiger partial charge in [-0.25, -0.2) is 0 Å². The van der Waals surface area contributed by atoms with Gasteiger partial charge in [0, 0.05) is 36.9 Å². The van der Waals surface area contributed by atoms with Gasteiger partial charge in [-0.1, -0.05) is 6.07 Å². The summed E-state index contributed by atoms with van der Waals surface area (Å²) in [5, 5.41) is 7.61. The van der Waals surface area contributed by atoms with Gasteiger partial charge in [0.25, 0.3) is 11.5 Å². The summed E-state index contributed by atoms with van der Waals surface area (Å²) >= 11 is 0. The van der Waals surface area contributed by atoms with E-state index < -0.39 is 0 Å². The first-order chi connectivity index (χ1) is 14.0. The van der Waals surface area contributed by atoms with Gasteiger partial charge in [-0.05, 0) is 56.4 Å². The van der Waals surface area contributed by atoms with Crippen LogP contribution < -0.4 is 10.9 Å². The first kappa shape index (κ1) is 19.1. The van der Waals surface area contributed by atoms with E-state index in [0.717, 1.165) is 41.8 Å². The first-order valence-electron chi connectivity index (χ1n) is 9.88. The molecule has 0 saturated heterocycles. The quantitative estimate of drug-likeness (QED) is 0.741. The highest BCUT2D eigenvalue weighted by Crippen LogP contribution is 2.32. The van der Waals surface area contributed by atoms with Crippen molar-refractivity contribution in [3.05, 3.63) is 80.8 Å². The van der Waals surface area contributed by atoms with Crippen LogP contribution in [-0.4, -0.2) is 25.2 Å². The molecule has 1 amide bonds. The van der Waals surface area contributed by atoms with Crippen molar-refractivity contribution >= 4 is 5.91 Å². The van der Waals surface area contributed by atoms with Crippen molar-refractivity contribution in [2.45, 2.75) is 45.7 Å². The van der Waals surface area contributed by atoms with Gasteiger partial charge >= 0.3 is 0 Å². The van der Waals surface area contributed by atoms with Crippen LogP contribution in [0.2, 0.25) is 0 Å². The maximum Gasteiger partial charge on any atom is 0.263 e. The summed E-state index contributed by atoms with van der Waals surface area (Å²) in [4.78, 5) is 30.3. The molecule has 0 fully saturated rings. The molecule has 0 saturated carbocycles. The SMILES string of the molecule is Cc1ccn(Cc2cccnc2)c(=O)c1C(=O)NC1CCCc2c1c(C)nn2C. The van der Waals surface area contributed by atoms with Crippen molar-refractivity contribution in [2.75, 3.05) is 0 Å². The molecular weight excluding hydrogens is 366 g/mol. The van der Waals surface area contributed by atoms with Gasteiger partial charge in [-0.3, -0.25) is 19.3 Å². The second kappa shape index (κ2) is 7.66. The fourth-order valence-corrected chi connectivity index (χ4v) is 4.22. The molecule has 3 heterocycles. The number of carbonyl (C=O) groups excluding carboxylic acids is 1. The second-order valence-corrected chi connectivity index (χ2v) is 7.66. The number of hydrogen-bond acceptors (Lipinski definition) is 4. The maximum absolute atomic E-state index is 13.1. The molecule has 0 aromatic carbocycles. The number of nitrogens with one attached hydrogen (secondary N) is 1. The second-order valence-electron chi connectivity index (χ2n) is 7.66. The van der Waals surface area contributed by atoms with Crippen LogP contribution >= 0.6 is 0 Å². The molecule has 3 aromatic heterocycles. The summed E-state index contributed by atoms with van der Waals surface area (Å²) in [6.45, 7) is 4.15. The van der Waals surface area contributed by atoms with E-state index in [-0.39, 0.29) is 23.1 Å². The predicted octanol–water partition coefficient (Wildman–Crippen LogP) is 2.45. The van der Waals surface area contributed by atoms with Crippen LogP contribution in [0.15, 0.2) is 41.6 Å². The third-order valence-corrected chi connectivity index (χ3v) is 5.63.